The summed E-state index contributed by atoms with van der Waals surface area (Å²) in [5, 5.41) is 1.46. The summed E-state index contributed by atoms with van der Waals surface area (Å²) in [6.07, 6.45) is -2.04. The third-order valence-corrected chi connectivity index (χ3v) is 5.67. The smallest absolute Gasteiger partial charge is 0.227 e. The van der Waals surface area contributed by atoms with Crippen LogP contribution in [0, 0.1) is 20.7 Å². The highest BCUT2D eigenvalue weighted by atomic mass is 16.3. The van der Waals surface area contributed by atoms with Gasteiger partial charge < -0.3 is 4.42 Å². The van der Waals surface area contributed by atoms with Crippen LogP contribution in [0.15, 0.2) is 40.9 Å². The molecule has 0 spiro atoms. The van der Waals surface area contributed by atoms with E-state index in [4.69, 9.17) is 15.4 Å². The van der Waals surface area contributed by atoms with Gasteiger partial charge >= 0.3 is 0 Å². The van der Waals surface area contributed by atoms with Crippen LogP contribution in [0.4, 0.5) is 0 Å². The molecule has 1 aromatic carbocycles. The molecule has 0 bridgehead atoms. The Morgan fingerprint density at radius 3 is 2.66 bits per heavy atom. The van der Waals surface area contributed by atoms with Crippen molar-refractivity contribution in [3.05, 3.63) is 58.9 Å². The number of aromatic nitrogens is 2. The van der Waals surface area contributed by atoms with Crippen molar-refractivity contribution in [3.8, 4) is 11.3 Å². The molecule has 3 heteroatoms. The second-order valence-electron chi connectivity index (χ2n) is 7.73. The SMILES string of the molecule is [2H]C([2H])([2H])c1c[n+](C)c(-c2c(C)ccc3c2oc2nc(C4([2H])C([2H])([2H])CCCC4([2H])[2H])ccc23)cc1C. The van der Waals surface area contributed by atoms with Gasteiger partial charge in [-0.1, -0.05) is 31.4 Å². The van der Waals surface area contributed by atoms with Gasteiger partial charge in [-0.3, -0.25) is 0 Å². The number of pyridine rings is 2. The topological polar surface area (TPSA) is 29.9 Å². The number of rotatable bonds is 2. The van der Waals surface area contributed by atoms with Gasteiger partial charge in [0.1, 0.15) is 7.05 Å². The normalized spacial score (nSPS) is 24.5. The van der Waals surface area contributed by atoms with Gasteiger partial charge in [0, 0.05) is 45.0 Å². The predicted octanol–water partition coefficient (Wildman–Crippen LogP) is 6.45. The van der Waals surface area contributed by atoms with E-state index >= 15 is 0 Å². The molecule has 5 rings (SSSR count). The van der Waals surface area contributed by atoms with E-state index in [0.29, 0.717) is 23.0 Å². The minimum Gasteiger partial charge on any atom is -0.437 e. The molecule has 1 fully saturated rings. The average molecular weight is 394 g/mol. The van der Waals surface area contributed by atoms with Gasteiger partial charge in [0.2, 0.25) is 11.4 Å². The van der Waals surface area contributed by atoms with Crippen LogP contribution in [0.1, 0.15) is 71.3 Å². The standard InChI is InChI=1S/C26H29N2O/c1-16-10-11-20-21-12-13-22(19-8-6-5-7-9-19)27-26(21)29-25(20)24(16)23-14-17(2)18(3)15-28(23)4/h10-15,19H,5-9H2,1-4H3/q+1/i3D3,8D2,9D2,19D. The van der Waals surface area contributed by atoms with Crippen LogP contribution < -0.4 is 4.57 Å². The molecule has 0 aliphatic heterocycles. The molecule has 0 radical (unpaired) electrons. The fourth-order valence-corrected chi connectivity index (χ4v) is 4.03. The second kappa shape index (κ2) is 6.98. The lowest BCUT2D eigenvalue weighted by atomic mass is 9.86. The zero-order chi connectivity index (χ0) is 27.1. The van der Waals surface area contributed by atoms with Crippen LogP contribution in [0.5, 0.6) is 0 Å². The summed E-state index contributed by atoms with van der Waals surface area (Å²) in [4.78, 5) is 4.53. The van der Waals surface area contributed by atoms with Gasteiger partial charge in [0.05, 0.1) is 5.56 Å². The second-order valence-corrected chi connectivity index (χ2v) is 7.73. The third-order valence-electron chi connectivity index (χ3n) is 5.67. The van der Waals surface area contributed by atoms with E-state index in [1.165, 1.54) is 0 Å². The molecule has 3 nitrogen and oxygen atoms in total. The lowest BCUT2D eigenvalue weighted by Gasteiger charge is -2.20. The molecule has 1 saturated carbocycles. The molecule has 0 amide bonds. The van der Waals surface area contributed by atoms with Crippen molar-refractivity contribution in [2.45, 2.75) is 58.6 Å². The number of hydrogen-bond donors (Lipinski definition) is 0. The summed E-state index contributed by atoms with van der Waals surface area (Å²) in [5.74, 6) is -2.18. The number of furan rings is 1. The molecule has 0 N–H and O–H groups in total. The van der Waals surface area contributed by atoms with E-state index in [1.54, 1.807) is 36.9 Å². The Hall–Kier alpha value is -2.68. The zero-order valence-electron chi connectivity index (χ0n) is 24.9. The summed E-state index contributed by atoms with van der Waals surface area (Å²) in [6.45, 7) is 1.48. The predicted molar refractivity (Wildman–Crippen MR) is 118 cm³/mol. The third kappa shape index (κ3) is 3.04. The van der Waals surface area contributed by atoms with Crippen molar-refractivity contribution in [1.82, 2.24) is 4.98 Å². The first-order chi connectivity index (χ1) is 17.1. The molecule has 0 unspecified atom stereocenters. The van der Waals surface area contributed by atoms with Gasteiger partial charge in [-0.2, -0.15) is 0 Å². The van der Waals surface area contributed by atoms with E-state index in [1.807, 2.05) is 25.1 Å². The van der Waals surface area contributed by atoms with Crippen LogP contribution in [0.3, 0.4) is 0 Å². The first kappa shape index (κ1) is 11.5. The Labute approximate surface area is 183 Å². The van der Waals surface area contributed by atoms with E-state index in [2.05, 4.69) is 4.98 Å². The van der Waals surface area contributed by atoms with Crippen LogP contribution in [-0.4, -0.2) is 4.98 Å². The van der Waals surface area contributed by atoms with Crippen LogP contribution in [-0.2, 0) is 7.05 Å². The molecule has 0 atom stereocenters. The maximum Gasteiger partial charge on any atom is 0.227 e. The number of nitrogens with zero attached hydrogens (tertiary/aromatic N) is 2. The first-order valence-electron chi connectivity index (χ1n) is 13.9. The molecule has 29 heavy (non-hydrogen) atoms. The fourth-order valence-electron chi connectivity index (χ4n) is 4.03. The average Bonchev–Trinajstić information content (AvgIpc) is 3.15. The van der Waals surface area contributed by atoms with E-state index in [0.717, 1.165) is 22.2 Å². The first-order valence-corrected chi connectivity index (χ1v) is 9.93. The molecular weight excluding hydrogens is 356 g/mol. The number of benzene rings is 1. The Morgan fingerprint density at radius 2 is 1.86 bits per heavy atom. The highest BCUT2D eigenvalue weighted by molar-refractivity contribution is 6.08. The molecule has 3 aromatic heterocycles. The Bertz CT molecular complexity index is 1540. The molecule has 0 saturated heterocycles. The summed E-state index contributed by atoms with van der Waals surface area (Å²) >= 11 is 0. The number of fused-ring (bicyclic) bond motifs is 3. The minimum atomic E-state index is -2.23. The maximum absolute atomic E-state index is 9.01. The minimum absolute atomic E-state index is 0.00968. The lowest BCUT2D eigenvalue weighted by molar-refractivity contribution is -0.660. The van der Waals surface area contributed by atoms with Gasteiger partial charge in [0.15, 0.2) is 11.8 Å². The number of aryl methyl sites for hydroxylation is 4. The fraction of sp³-hybridized carbons (Fsp3) is 0.385. The number of hydrogen-bond acceptors (Lipinski definition) is 2. The van der Waals surface area contributed by atoms with Gasteiger partial charge in [-0.05, 0) is 56.7 Å². The summed E-state index contributed by atoms with van der Waals surface area (Å²) in [5.41, 5.74) is 4.14. The lowest BCUT2D eigenvalue weighted by Crippen LogP contribution is -2.31. The van der Waals surface area contributed by atoms with Crippen molar-refractivity contribution in [2.75, 3.05) is 0 Å². The van der Waals surface area contributed by atoms with Crippen molar-refractivity contribution in [2.24, 2.45) is 7.05 Å². The summed E-state index contributed by atoms with van der Waals surface area (Å²) in [7, 11) is 1.79. The van der Waals surface area contributed by atoms with Crippen molar-refractivity contribution < 1.29 is 20.0 Å². The van der Waals surface area contributed by atoms with Gasteiger partial charge in [-0.15, -0.1) is 0 Å². The molecular formula is C26H29N2O+. The van der Waals surface area contributed by atoms with Crippen molar-refractivity contribution in [3.63, 3.8) is 0 Å². The van der Waals surface area contributed by atoms with E-state index in [9.17, 15) is 0 Å². The van der Waals surface area contributed by atoms with Crippen molar-refractivity contribution >= 4 is 22.1 Å². The summed E-state index contributed by atoms with van der Waals surface area (Å²) in [6, 6.07) is 8.97. The zero-order valence-corrected chi connectivity index (χ0v) is 16.9. The van der Waals surface area contributed by atoms with Crippen LogP contribution in [0.25, 0.3) is 33.3 Å². The maximum atomic E-state index is 9.01. The molecule has 148 valence electrons. The molecule has 1 aliphatic carbocycles. The van der Waals surface area contributed by atoms with Crippen molar-refractivity contribution in [1.29, 1.82) is 0 Å². The van der Waals surface area contributed by atoms with Crippen LogP contribution >= 0.6 is 0 Å². The molecule has 1 aliphatic rings. The highest BCUT2D eigenvalue weighted by Crippen LogP contribution is 2.38. The summed E-state index contributed by atoms with van der Waals surface area (Å²) < 4.78 is 74.5. The highest BCUT2D eigenvalue weighted by Gasteiger charge is 2.23. The molecule has 4 aromatic rings. The van der Waals surface area contributed by atoms with Gasteiger partial charge in [0.25, 0.3) is 0 Å². The molecule has 3 heterocycles. The van der Waals surface area contributed by atoms with Crippen LogP contribution in [0.2, 0.25) is 0 Å². The van der Waals surface area contributed by atoms with Gasteiger partial charge in [-0.25, -0.2) is 9.55 Å². The largest absolute Gasteiger partial charge is 0.437 e. The Kier molecular flexibility index (Phi) is 2.77. The Balaban J connectivity index is 1.74. The Morgan fingerprint density at radius 1 is 1.07 bits per heavy atom. The van der Waals surface area contributed by atoms with E-state index in [-0.39, 0.29) is 29.8 Å². The van der Waals surface area contributed by atoms with E-state index < -0.39 is 25.5 Å². The quantitative estimate of drug-likeness (QED) is 0.367. The monoisotopic (exact) mass is 393 g/mol.